The van der Waals surface area contributed by atoms with Gasteiger partial charge in [-0.05, 0) is 87.4 Å². The molecule has 8 rings (SSSR count). The maximum Gasteiger partial charge on any atom is 0.339 e. The van der Waals surface area contributed by atoms with E-state index in [1.807, 2.05) is 33.8 Å². The van der Waals surface area contributed by atoms with Gasteiger partial charge in [0.1, 0.15) is 73.8 Å². The topological polar surface area (TPSA) is 216 Å². The Balaban J connectivity index is 0.000000211. The molecule has 0 amide bonds. The van der Waals surface area contributed by atoms with Gasteiger partial charge in [0.15, 0.2) is 0 Å². The molecule has 55 heavy (non-hydrogen) atoms. The van der Waals surface area contributed by atoms with Gasteiger partial charge in [-0.3, -0.25) is 9.36 Å². The van der Waals surface area contributed by atoms with E-state index in [0.29, 0.717) is 84.6 Å². The zero-order chi connectivity index (χ0) is 38.5. The van der Waals surface area contributed by atoms with Crippen molar-refractivity contribution in [2.75, 3.05) is 14.2 Å². The summed E-state index contributed by atoms with van der Waals surface area (Å²) >= 11 is 20.2. The summed E-state index contributed by atoms with van der Waals surface area (Å²) in [5.74, 6) is 3.61. The summed E-state index contributed by atoms with van der Waals surface area (Å²) in [4.78, 5) is 43.6. The van der Waals surface area contributed by atoms with Gasteiger partial charge in [-0.15, -0.1) is 0 Å². The van der Waals surface area contributed by atoms with Crippen LogP contribution in [0.3, 0.4) is 0 Å². The Morgan fingerprint density at radius 1 is 0.655 bits per heavy atom. The first-order valence-corrected chi connectivity index (χ1v) is 20.2. The fourth-order valence-corrected chi connectivity index (χ4v) is 6.20. The molecule has 23 heteroatoms. The fourth-order valence-electron chi connectivity index (χ4n) is 5.89. The molecule has 0 saturated heterocycles. The summed E-state index contributed by atoms with van der Waals surface area (Å²) < 4.78 is 31.0. The van der Waals surface area contributed by atoms with Crippen molar-refractivity contribution in [3.05, 3.63) is 62.2 Å². The van der Waals surface area contributed by atoms with E-state index in [1.54, 1.807) is 34.1 Å². The maximum atomic E-state index is 12.3. The molecular formula is C32H29Cl4N10O6PY2. The quantitative estimate of drug-likeness (QED) is 0.111. The molecule has 0 spiro atoms. The molecule has 0 aliphatic carbocycles. The number of hydrogen-bond acceptors (Lipinski definition) is 13. The Labute approximate surface area is 381 Å². The van der Waals surface area contributed by atoms with E-state index in [2.05, 4.69) is 78.9 Å². The second kappa shape index (κ2) is 18.0. The van der Waals surface area contributed by atoms with E-state index >= 15 is 0 Å². The first kappa shape index (κ1) is 45.2. The smallest absolute Gasteiger partial charge is 0.339 e. The summed E-state index contributed by atoms with van der Waals surface area (Å²) in [7, 11) is 3.16. The molecule has 282 valence electrons. The van der Waals surface area contributed by atoms with Crippen molar-refractivity contribution in [2.45, 2.75) is 41.5 Å². The zero-order valence-electron chi connectivity index (χ0n) is 30.3. The average Bonchev–Trinajstić information content (AvgIpc) is 3.80. The standard InChI is InChI=1S/C16H14ClN5O2.C16H15N5O3.Cl3OP.2Y/c1-6-11(7(2)24-22-6)13-10(23-4)5-9-12-14(17)18-8(3)19-16(12)21-15(9)20-13;1-6-11(7(2)24-21-6)13-10(23-4)5-9-12-15(20-14(9)19-13)17-8(3)18-16(12)22;1-5(2,3)4;;/h5H,1-4H3,(H,18,19,20,21);5H,1-4H3,(H2,17,18,19,20,22);;;. The van der Waals surface area contributed by atoms with Crippen LogP contribution in [0.2, 0.25) is 5.15 Å². The van der Waals surface area contributed by atoms with Gasteiger partial charge in [0, 0.05) is 76.2 Å². The van der Waals surface area contributed by atoms with Gasteiger partial charge in [0.2, 0.25) is 0 Å². The van der Waals surface area contributed by atoms with Crippen molar-refractivity contribution in [2.24, 2.45) is 0 Å². The number of methoxy groups -OCH3 is 2. The van der Waals surface area contributed by atoms with E-state index in [4.69, 9.17) is 35.1 Å². The minimum Gasteiger partial charge on any atom is -0.494 e. The average molecular weight is 1000 g/mol. The number of nitrogens with one attached hydrogen (secondary N) is 3. The molecule has 0 unspecified atom stereocenters. The largest absolute Gasteiger partial charge is 0.494 e. The Kier molecular flexibility index (Phi) is 14.7. The number of pyridine rings is 2. The number of hydrogen-bond donors (Lipinski definition) is 3. The monoisotopic (exact) mass is 998 g/mol. The normalized spacial score (nSPS) is 11.1. The molecule has 3 N–H and O–H groups in total. The van der Waals surface area contributed by atoms with Crippen LogP contribution in [-0.2, 0) is 70.0 Å². The van der Waals surface area contributed by atoms with Crippen molar-refractivity contribution in [1.29, 1.82) is 0 Å². The number of nitrogens with zero attached hydrogens (tertiary/aromatic N) is 7. The van der Waals surface area contributed by atoms with Crippen LogP contribution < -0.4 is 15.0 Å². The van der Waals surface area contributed by atoms with E-state index in [-0.39, 0.29) is 71.0 Å². The second-order valence-corrected chi connectivity index (χ2v) is 18.6. The van der Waals surface area contributed by atoms with Crippen molar-refractivity contribution < 1.29 is 88.5 Å². The molecule has 16 nitrogen and oxygen atoms in total. The number of H-pyrrole nitrogens is 3. The molecule has 8 heterocycles. The van der Waals surface area contributed by atoms with Crippen LogP contribution in [0.25, 0.3) is 66.6 Å². The molecule has 0 aliphatic heterocycles. The van der Waals surface area contributed by atoms with Crippen LogP contribution in [0.5, 0.6) is 11.5 Å². The van der Waals surface area contributed by atoms with Crippen molar-refractivity contribution in [3.8, 4) is 34.0 Å². The van der Waals surface area contributed by atoms with Gasteiger partial charge in [0.25, 0.3) is 5.56 Å². The SMILES string of the molecule is COc1cc2c(nc1-c1c(C)noc1C)[nH]c1nc(C)[nH]c(=O)c12.COc1cc2c(nc1-c1c(C)noc1C)[nH]c1nc(C)nc(Cl)c12.O=P(Cl)(Cl)Cl.[Y].[Y]. The minimum absolute atomic E-state index is 0. The van der Waals surface area contributed by atoms with Crippen molar-refractivity contribution in [3.63, 3.8) is 0 Å². The summed E-state index contributed by atoms with van der Waals surface area (Å²) in [6.45, 7) is 10.9. The van der Waals surface area contributed by atoms with Gasteiger partial charge >= 0.3 is 5.20 Å². The third kappa shape index (κ3) is 9.45. The summed E-state index contributed by atoms with van der Waals surface area (Å²) in [6.07, 6.45) is 0. The summed E-state index contributed by atoms with van der Waals surface area (Å²) in [5, 5.41) is 7.79. The number of halogens is 4. The van der Waals surface area contributed by atoms with Crippen LogP contribution in [0.15, 0.2) is 26.0 Å². The predicted molar refractivity (Wildman–Crippen MR) is 204 cm³/mol. The Morgan fingerprint density at radius 2 is 1.09 bits per heavy atom. The molecule has 0 aliphatic rings. The van der Waals surface area contributed by atoms with Gasteiger partial charge in [0.05, 0.1) is 47.5 Å². The Bertz CT molecular complexity index is 2770. The number of aryl methyl sites for hydroxylation is 6. The molecular weight excluding hydrogens is 971 g/mol. The zero-order valence-corrected chi connectivity index (χ0v) is 39.9. The molecule has 0 saturated carbocycles. The van der Waals surface area contributed by atoms with E-state index < -0.39 is 5.20 Å². The number of aromatic amines is 3. The van der Waals surface area contributed by atoms with Gasteiger partial charge in [-0.1, -0.05) is 21.9 Å². The Hall–Kier alpha value is -2.52. The molecule has 0 fully saturated rings. The van der Waals surface area contributed by atoms with Crippen LogP contribution in [0, 0.1) is 41.5 Å². The summed E-state index contributed by atoms with van der Waals surface area (Å²) in [6, 6.07) is 3.67. The summed E-state index contributed by atoms with van der Waals surface area (Å²) in [5.41, 5.74) is 6.50. The second-order valence-electron chi connectivity index (χ2n) is 11.6. The van der Waals surface area contributed by atoms with Crippen LogP contribution in [0.4, 0.5) is 0 Å². The van der Waals surface area contributed by atoms with Gasteiger partial charge < -0.3 is 33.5 Å². The molecule has 0 bridgehead atoms. The van der Waals surface area contributed by atoms with Crippen LogP contribution in [-0.4, -0.2) is 64.4 Å². The molecule has 8 aromatic rings. The van der Waals surface area contributed by atoms with Gasteiger partial charge in [-0.2, -0.15) is 0 Å². The van der Waals surface area contributed by atoms with Crippen LogP contribution in [0.1, 0.15) is 34.6 Å². The van der Waals surface area contributed by atoms with Crippen molar-refractivity contribution in [1.82, 2.24) is 50.2 Å². The first-order valence-electron chi connectivity index (χ1n) is 15.4. The number of aromatic nitrogens is 10. The fraction of sp³-hybridized carbons (Fsp3) is 0.250. The van der Waals surface area contributed by atoms with E-state index in [9.17, 15) is 9.36 Å². The molecule has 0 aromatic carbocycles. The minimum atomic E-state index is -3.22. The third-order valence-electron chi connectivity index (χ3n) is 7.98. The number of rotatable bonds is 4. The molecule has 0 atom stereocenters. The first-order chi connectivity index (χ1) is 25.0. The predicted octanol–water partition coefficient (Wildman–Crippen LogP) is 8.94. The van der Waals surface area contributed by atoms with Gasteiger partial charge in [-0.25, -0.2) is 24.9 Å². The number of fused-ring (bicyclic) bond motifs is 6. The van der Waals surface area contributed by atoms with E-state index in [1.165, 1.54) is 0 Å². The third-order valence-corrected chi connectivity index (χ3v) is 8.26. The van der Waals surface area contributed by atoms with E-state index in [0.717, 1.165) is 33.3 Å². The van der Waals surface area contributed by atoms with Crippen LogP contribution >= 0.6 is 50.5 Å². The number of ether oxygens (including phenoxy) is 2. The maximum absolute atomic E-state index is 12.3. The molecule has 8 aromatic heterocycles. The van der Waals surface area contributed by atoms with Crippen molar-refractivity contribution >= 4 is 94.7 Å². The molecule has 2 radical (unpaired) electrons. The Morgan fingerprint density at radius 3 is 1.51 bits per heavy atom.